The van der Waals surface area contributed by atoms with Crippen LogP contribution in [-0.4, -0.2) is 83.2 Å². The molecule has 8 nitrogen and oxygen atoms in total. The molecule has 4 aliphatic heterocycles. The summed E-state index contributed by atoms with van der Waals surface area (Å²) in [5.41, 5.74) is 1.62. The molecule has 0 aromatic heterocycles. The molecule has 1 N–H and O–H groups in total. The van der Waals surface area contributed by atoms with Gasteiger partial charge in [0.15, 0.2) is 0 Å². The van der Waals surface area contributed by atoms with Crippen LogP contribution >= 0.6 is 0 Å². The summed E-state index contributed by atoms with van der Waals surface area (Å²) in [6.45, 7) is 7.80. The Morgan fingerprint density at radius 2 is 1.84 bits per heavy atom. The summed E-state index contributed by atoms with van der Waals surface area (Å²) < 4.78 is 6.67. The van der Waals surface area contributed by atoms with Crippen LogP contribution in [-0.2, 0) is 19.1 Å². The van der Waals surface area contributed by atoms with E-state index in [1.54, 1.807) is 14.7 Å². The van der Waals surface area contributed by atoms with Crippen LogP contribution in [0, 0.1) is 25.7 Å². The fourth-order valence-electron chi connectivity index (χ4n) is 6.52. The third kappa shape index (κ3) is 4.10. The second-order valence-corrected chi connectivity index (χ2v) is 10.7. The van der Waals surface area contributed by atoms with Gasteiger partial charge in [0, 0.05) is 38.5 Å². The van der Waals surface area contributed by atoms with Gasteiger partial charge in [-0.1, -0.05) is 43.4 Å². The molecule has 1 aromatic carbocycles. The standard InChI is InChI=1S/C29H37N3O5/c1-4-13-30-14-7-9-22-23(26(30)34)24-27(35)32(15-5-6-17-33)25-28(36)31(16-8-12-29(24,25)37-22)21-18-19(2)10-11-20(21)3/h7-12,18,22-25,33H,4-6,13-17H2,1-3H3/t22-,23+,24-,25?,29-/m0/s1. The SMILES string of the molecule is CCCN1CC=C[C@@H]2O[C@]34C=CCN(c5cc(C)ccc5C)C(=O)C3N(CCCCO)C(=O)[C@@H]4[C@@H]2C1=O. The first kappa shape index (κ1) is 25.7. The Kier molecular flexibility index (Phi) is 6.98. The summed E-state index contributed by atoms with van der Waals surface area (Å²) in [5.74, 6) is -1.94. The van der Waals surface area contributed by atoms with Crippen molar-refractivity contribution >= 4 is 23.4 Å². The molecule has 0 radical (unpaired) electrons. The van der Waals surface area contributed by atoms with E-state index in [0.29, 0.717) is 39.0 Å². The van der Waals surface area contributed by atoms with Crippen molar-refractivity contribution in [3.05, 3.63) is 53.6 Å². The molecule has 0 aliphatic carbocycles. The number of anilines is 1. The molecule has 5 rings (SSSR count). The smallest absolute Gasteiger partial charge is 0.253 e. The van der Waals surface area contributed by atoms with E-state index in [1.807, 2.05) is 63.3 Å². The van der Waals surface area contributed by atoms with Gasteiger partial charge in [0.05, 0.1) is 17.9 Å². The number of aliphatic hydroxyl groups is 1. The van der Waals surface area contributed by atoms with Gasteiger partial charge in [0.2, 0.25) is 11.8 Å². The van der Waals surface area contributed by atoms with Crippen LogP contribution in [0.3, 0.4) is 0 Å². The molecule has 2 saturated heterocycles. The van der Waals surface area contributed by atoms with Gasteiger partial charge in [-0.05, 0) is 50.3 Å². The zero-order chi connectivity index (χ0) is 26.3. The molecule has 4 aliphatic rings. The molecule has 4 heterocycles. The van der Waals surface area contributed by atoms with E-state index >= 15 is 0 Å². The molecule has 1 spiro atoms. The molecule has 5 atom stereocenters. The Morgan fingerprint density at radius 1 is 1.03 bits per heavy atom. The molecular weight excluding hydrogens is 470 g/mol. The predicted molar refractivity (Wildman–Crippen MR) is 140 cm³/mol. The summed E-state index contributed by atoms with van der Waals surface area (Å²) in [6.07, 6.45) is 8.99. The quantitative estimate of drug-likeness (QED) is 0.452. The predicted octanol–water partition coefficient (Wildman–Crippen LogP) is 2.37. The van der Waals surface area contributed by atoms with Crippen molar-refractivity contribution < 1.29 is 24.2 Å². The highest BCUT2D eigenvalue weighted by Crippen LogP contribution is 2.53. The second-order valence-electron chi connectivity index (χ2n) is 10.7. The Morgan fingerprint density at radius 3 is 2.59 bits per heavy atom. The highest BCUT2D eigenvalue weighted by Gasteiger charge is 2.71. The van der Waals surface area contributed by atoms with Crippen molar-refractivity contribution in [1.82, 2.24) is 9.80 Å². The number of fused-ring (bicyclic) bond motifs is 2. The number of likely N-dealkylation sites (tertiary alicyclic amines) is 1. The van der Waals surface area contributed by atoms with Crippen molar-refractivity contribution in [2.24, 2.45) is 11.8 Å². The van der Waals surface area contributed by atoms with Crippen LogP contribution in [0.5, 0.6) is 0 Å². The summed E-state index contributed by atoms with van der Waals surface area (Å²) in [6, 6.07) is 5.13. The molecular formula is C29H37N3O5. The number of ether oxygens (including phenoxy) is 1. The van der Waals surface area contributed by atoms with Gasteiger partial charge in [-0.3, -0.25) is 14.4 Å². The highest BCUT2D eigenvalue weighted by molar-refractivity contribution is 6.06. The molecule has 1 unspecified atom stereocenters. The number of unbranched alkanes of at least 4 members (excludes halogenated alkanes) is 1. The third-order valence-electron chi connectivity index (χ3n) is 8.20. The minimum absolute atomic E-state index is 0.0141. The average molecular weight is 508 g/mol. The minimum atomic E-state index is -1.22. The van der Waals surface area contributed by atoms with Gasteiger partial charge in [0.1, 0.15) is 11.6 Å². The van der Waals surface area contributed by atoms with Gasteiger partial charge in [-0.15, -0.1) is 0 Å². The Labute approximate surface area is 218 Å². The maximum Gasteiger partial charge on any atom is 0.253 e. The van der Waals surface area contributed by atoms with Gasteiger partial charge < -0.3 is 24.5 Å². The number of amides is 3. The van der Waals surface area contributed by atoms with Crippen LogP contribution in [0.15, 0.2) is 42.5 Å². The molecule has 3 amide bonds. The molecule has 1 aromatic rings. The number of nitrogens with zero attached hydrogens (tertiary/aromatic N) is 3. The summed E-state index contributed by atoms with van der Waals surface area (Å²) in [4.78, 5) is 47.4. The van der Waals surface area contributed by atoms with Crippen LogP contribution < -0.4 is 4.90 Å². The largest absolute Gasteiger partial charge is 0.396 e. The Bertz CT molecular complexity index is 1150. The lowest BCUT2D eigenvalue weighted by Gasteiger charge is -2.35. The zero-order valence-corrected chi connectivity index (χ0v) is 21.9. The van der Waals surface area contributed by atoms with E-state index in [2.05, 4.69) is 0 Å². The maximum atomic E-state index is 14.4. The van der Waals surface area contributed by atoms with E-state index in [0.717, 1.165) is 23.2 Å². The number of benzene rings is 1. The van der Waals surface area contributed by atoms with E-state index in [1.165, 1.54) is 0 Å². The van der Waals surface area contributed by atoms with Gasteiger partial charge in [-0.2, -0.15) is 0 Å². The Balaban J connectivity index is 1.59. The van der Waals surface area contributed by atoms with Crippen molar-refractivity contribution in [3.63, 3.8) is 0 Å². The second kappa shape index (κ2) is 10.1. The number of hydrogen-bond acceptors (Lipinski definition) is 5. The Hall–Kier alpha value is -2.97. The maximum absolute atomic E-state index is 14.4. The lowest BCUT2D eigenvalue weighted by Crippen LogP contribution is -2.55. The van der Waals surface area contributed by atoms with E-state index in [4.69, 9.17) is 4.74 Å². The third-order valence-corrected chi connectivity index (χ3v) is 8.20. The zero-order valence-electron chi connectivity index (χ0n) is 21.9. The minimum Gasteiger partial charge on any atom is -0.396 e. The van der Waals surface area contributed by atoms with Gasteiger partial charge in [-0.25, -0.2) is 0 Å². The molecule has 2 fully saturated rings. The number of carbonyl (C=O) groups excluding carboxylic acids is 3. The first-order valence-electron chi connectivity index (χ1n) is 13.4. The van der Waals surface area contributed by atoms with Crippen molar-refractivity contribution in [2.75, 3.05) is 37.7 Å². The normalized spacial score (nSPS) is 30.9. The lowest BCUT2D eigenvalue weighted by molar-refractivity contribution is -0.144. The van der Waals surface area contributed by atoms with Crippen LogP contribution in [0.2, 0.25) is 0 Å². The number of carbonyl (C=O) groups is 3. The van der Waals surface area contributed by atoms with E-state index < -0.39 is 29.6 Å². The summed E-state index contributed by atoms with van der Waals surface area (Å²) in [5, 5.41) is 9.37. The average Bonchev–Trinajstić information content (AvgIpc) is 3.18. The lowest BCUT2D eigenvalue weighted by atomic mass is 9.77. The van der Waals surface area contributed by atoms with Crippen molar-refractivity contribution in [2.45, 2.75) is 57.8 Å². The number of rotatable bonds is 7. The monoisotopic (exact) mass is 507 g/mol. The van der Waals surface area contributed by atoms with Crippen molar-refractivity contribution in [3.8, 4) is 0 Å². The van der Waals surface area contributed by atoms with Crippen LogP contribution in [0.25, 0.3) is 0 Å². The van der Waals surface area contributed by atoms with Crippen LogP contribution in [0.4, 0.5) is 5.69 Å². The fourth-order valence-corrected chi connectivity index (χ4v) is 6.52. The number of hydrogen-bond donors (Lipinski definition) is 1. The first-order chi connectivity index (χ1) is 17.8. The summed E-state index contributed by atoms with van der Waals surface area (Å²) >= 11 is 0. The van der Waals surface area contributed by atoms with Gasteiger partial charge >= 0.3 is 0 Å². The topological polar surface area (TPSA) is 90.4 Å². The number of aliphatic hydroxyl groups excluding tert-OH is 1. The van der Waals surface area contributed by atoms with Gasteiger partial charge in [0.25, 0.3) is 5.91 Å². The van der Waals surface area contributed by atoms with E-state index in [9.17, 15) is 19.5 Å². The van der Waals surface area contributed by atoms with E-state index in [-0.39, 0.29) is 24.3 Å². The first-order valence-corrected chi connectivity index (χ1v) is 13.4. The molecule has 37 heavy (non-hydrogen) atoms. The van der Waals surface area contributed by atoms with Crippen LogP contribution in [0.1, 0.15) is 37.3 Å². The highest BCUT2D eigenvalue weighted by atomic mass is 16.5. The molecule has 8 heteroatoms. The molecule has 198 valence electrons. The molecule has 0 saturated carbocycles. The van der Waals surface area contributed by atoms with Crippen molar-refractivity contribution in [1.29, 1.82) is 0 Å². The fraction of sp³-hybridized carbons (Fsp3) is 0.552. The molecule has 0 bridgehead atoms. The number of aryl methyl sites for hydroxylation is 2. The summed E-state index contributed by atoms with van der Waals surface area (Å²) in [7, 11) is 0.